The van der Waals surface area contributed by atoms with Crippen molar-refractivity contribution in [2.45, 2.75) is 49.2 Å². The third-order valence-electron chi connectivity index (χ3n) is 4.89. The summed E-state index contributed by atoms with van der Waals surface area (Å²) in [6.45, 7) is 0. The van der Waals surface area contributed by atoms with Crippen LogP contribution in [0.25, 0.3) is 0 Å². The Morgan fingerprint density at radius 2 is 1.96 bits per heavy atom. The number of likely N-dealkylation sites (tertiary alicyclic amines) is 1. The maximum atomic E-state index is 11.8. The van der Waals surface area contributed by atoms with Crippen molar-refractivity contribution in [3.63, 3.8) is 0 Å². The maximum Gasteiger partial charge on any atom is 0.292 e. The van der Waals surface area contributed by atoms with Crippen molar-refractivity contribution in [3.05, 3.63) is 30.1 Å². The van der Waals surface area contributed by atoms with Crippen LogP contribution in [0.2, 0.25) is 0 Å². The second kappa shape index (κ2) is 6.89. The molecule has 2 aliphatic heterocycles. The van der Waals surface area contributed by atoms with Gasteiger partial charge in [0, 0.05) is 25.1 Å². The molecule has 3 rings (SSSR count). The third kappa shape index (κ3) is 3.06. The largest absolute Gasteiger partial charge is 0.547 e. The average Bonchev–Trinajstić information content (AvgIpc) is 2.87. The number of nitrogens with zero attached hydrogens (tertiary/aromatic N) is 2. The zero-order valence-electron chi connectivity index (χ0n) is 13.9. The molecule has 10 nitrogen and oxygen atoms in total. The van der Waals surface area contributed by atoms with E-state index < -0.39 is 54.7 Å². The Kier molecular flexibility index (Phi) is 4.95. The van der Waals surface area contributed by atoms with E-state index in [1.165, 1.54) is 21.9 Å². The van der Waals surface area contributed by atoms with Gasteiger partial charge < -0.3 is 40.0 Å². The second-order valence-electron chi connectivity index (χ2n) is 6.54. The van der Waals surface area contributed by atoms with Crippen molar-refractivity contribution in [1.82, 2.24) is 4.90 Å². The highest BCUT2D eigenvalue weighted by Crippen LogP contribution is 2.31. The minimum absolute atomic E-state index is 0.191. The highest BCUT2D eigenvalue weighted by molar-refractivity contribution is 5.83. The first-order valence-electron chi connectivity index (χ1n) is 8.08. The summed E-state index contributed by atoms with van der Waals surface area (Å²) in [5.41, 5.74) is 0.626. The fraction of sp³-hybridized carbons (Fsp3) is 0.562. The minimum atomic E-state index is -1.83. The van der Waals surface area contributed by atoms with E-state index >= 15 is 0 Å². The molecule has 10 heteroatoms. The number of carbonyl (C=O) groups excluding carboxylic acids is 2. The van der Waals surface area contributed by atoms with Gasteiger partial charge in [-0.25, -0.2) is 0 Å². The van der Waals surface area contributed by atoms with Gasteiger partial charge >= 0.3 is 0 Å². The summed E-state index contributed by atoms with van der Waals surface area (Å²) in [5, 5.41) is 50.7. The van der Waals surface area contributed by atoms with Gasteiger partial charge in [-0.2, -0.15) is 4.57 Å². The lowest BCUT2D eigenvalue weighted by Crippen LogP contribution is -2.65. The molecule has 7 unspecified atom stereocenters. The lowest BCUT2D eigenvalue weighted by molar-refractivity contribution is -0.777. The van der Waals surface area contributed by atoms with Crippen molar-refractivity contribution in [2.75, 3.05) is 7.05 Å². The van der Waals surface area contributed by atoms with Crippen LogP contribution in [-0.2, 0) is 14.3 Å². The smallest absolute Gasteiger partial charge is 0.292 e. The Morgan fingerprint density at radius 3 is 2.54 bits per heavy atom. The fourth-order valence-corrected chi connectivity index (χ4v) is 3.39. The van der Waals surface area contributed by atoms with Gasteiger partial charge in [-0.05, 0) is 6.07 Å². The molecule has 0 bridgehead atoms. The minimum Gasteiger partial charge on any atom is -0.547 e. The highest BCUT2D eigenvalue weighted by Gasteiger charge is 2.49. The Bertz CT molecular complexity index is 713. The molecule has 26 heavy (non-hydrogen) atoms. The van der Waals surface area contributed by atoms with Crippen LogP contribution in [0.15, 0.2) is 24.5 Å². The first kappa shape index (κ1) is 18.7. The molecule has 1 aromatic rings. The number of aliphatic hydroxyl groups is 4. The normalized spacial score (nSPS) is 37.8. The number of rotatable bonds is 3. The molecule has 1 aromatic heterocycles. The average molecular weight is 368 g/mol. The van der Waals surface area contributed by atoms with Crippen LogP contribution in [0, 0.1) is 0 Å². The molecular formula is C16H20N2O8. The van der Waals surface area contributed by atoms with Crippen molar-refractivity contribution >= 4 is 11.9 Å². The fourth-order valence-electron chi connectivity index (χ4n) is 3.39. The van der Waals surface area contributed by atoms with Crippen LogP contribution in [0.3, 0.4) is 0 Å². The summed E-state index contributed by atoms with van der Waals surface area (Å²) in [6.07, 6.45) is -6.16. The number of carboxylic acid groups (broad SMARTS) is 1. The van der Waals surface area contributed by atoms with E-state index in [0.29, 0.717) is 5.56 Å². The number of carbonyl (C=O) groups is 2. The summed E-state index contributed by atoms with van der Waals surface area (Å²) < 4.78 is 6.57. The lowest BCUT2D eigenvalue weighted by Gasteiger charge is -2.37. The van der Waals surface area contributed by atoms with Gasteiger partial charge in [0.25, 0.3) is 12.1 Å². The molecule has 1 amide bonds. The molecule has 0 saturated carbocycles. The molecular weight excluding hydrogens is 348 g/mol. The summed E-state index contributed by atoms with van der Waals surface area (Å²) in [6, 6.07) is 2.90. The molecule has 2 aliphatic rings. The van der Waals surface area contributed by atoms with E-state index in [0.717, 1.165) is 0 Å². The molecule has 3 heterocycles. The Hall–Kier alpha value is -2.11. The van der Waals surface area contributed by atoms with E-state index in [1.807, 2.05) is 0 Å². The van der Waals surface area contributed by atoms with E-state index in [4.69, 9.17) is 4.74 Å². The molecule has 2 saturated heterocycles. The van der Waals surface area contributed by atoms with Crippen molar-refractivity contribution in [3.8, 4) is 0 Å². The number of aromatic nitrogens is 1. The highest BCUT2D eigenvalue weighted by atomic mass is 16.6. The molecule has 0 radical (unpaired) electrons. The molecule has 0 spiro atoms. The van der Waals surface area contributed by atoms with Crippen LogP contribution >= 0.6 is 0 Å². The monoisotopic (exact) mass is 368 g/mol. The van der Waals surface area contributed by atoms with Gasteiger partial charge in [0.1, 0.15) is 24.4 Å². The van der Waals surface area contributed by atoms with Gasteiger partial charge in [-0.1, -0.05) is 0 Å². The number of likely N-dealkylation sites (N-methyl/N-ethyl adjacent to an activating group) is 1. The Morgan fingerprint density at radius 1 is 1.27 bits per heavy atom. The lowest BCUT2D eigenvalue weighted by atomic mass is 9.97. The van der Waals surface area contributed by atoms with Gasteiger partial charge in [-0.15, -0.1) is 0 Å². The molecule has 2 fully saturated rings. The van der Waals surface area contributed by atoms with Crippen LogP contribution in [0.5, 0.6) is 0 Å². The number of aliphatic carboxylic acids is 1. The summed E-state index contributed by atoms with van der Waals surface area (Å²) in [4.78, 5) is 24.3. The van der Waals surface area contributed by atoms with Crippen LogP contribution in [0.4, 0.5) is 0 Å². The van der Waals surface area contributed by atoms with Gasteiger partial charge in [0.15, 0.2) is 18.5 Å². The summed E-state index contributed by atoms with van der Waals surface area (Å²) in [5.74, 6) is -2.12. The second-order valence-corrected chi connectivity index (χ2v) is 6.54. The van der Waals surface area contributed by atoms with Crippen molar-refractivity contribution in [1.29, 1.82) is 0 Å². The van der Waals surface area contributed by atoms with E-state index in [2.05, 4.69) is 0 Å². The predicted molar refractivity (Wildman–Crippen MR) is 79.7 cm³/mol. The molecule has 4 N–H and O–H groups in total. The SMILES string of the molecule is CN1C(=O)C(O)CC1c1ccc[n+](C2OC(C(=O)[O-])C(O)C(O)C2O)c1. The van der Waals surface area contributed by atoms with E-state index in [9.17, 15) is 35.1 Å². The number of hydrogen-bond donors (Lipinski definition) is 4. The van der Waals surface area contributed by atoms with Crippen LogP contribution in [0.1, 0.15) is 24.3 Å². The van der Waals surface area contributed by atoms with Crippen molar-refractivity contribution in [2.24, 2.45) is 0 Å². The Balaban J connectivity index is 1.90. The Labute approximate surface area is 148 Å². The number of aliphatic hydroxyl groups excluding tert-OH is 4. The quantitative estimate of drug-likeness (QED) is 0.393. The number of carboxylic acids is 1. The van der Waals surface area contributed by atoms with Crippen molar-refractivity contribution < 1.29 is 44.4 Å². The number of amides is 1. The zero-order valence-corrected chi connectivity index (χ0v) is 13.9. The number of ether oxygens (including phenoxy) is 1. The molecule has 7 atom stereocenters. The topological polar surface area (TPSA) is 154 Å². The van der Waals surface area contributed by atoms with Crippen LogP contribution < -0.4 is 9.67 Å². The molecule has 0 aliphatic carbocycles. The summed E-state index contributed by atoms with van der Waals surface area (Å²) in [7, 11) is 1.55. The predicted octanol–water partition coefficient (Wildman–Crippen LogP) is -4.03. The van der Waals surface area contributed by atoms with E-state index in [-0.39, 0.29) is 6.42 Å². The standard InChI is InChI=1S/C16H20N2O8/c1-17-8(5-9(19)14(17)23)7-3-2-4-18(6-7)15-12(22)10(20)11(21)13(26-15)16(24)25/h2-4,6,8-13,15,19-22H,5H2,1H3. The maximum absolute atomic E-state index is 11.8. The third-order valence-corrected chi connectivity index (χ3v) is 4.89. The number of hydrogen-bond acceptors (Lipinski definition) is 8. The van der Waals surface area contributed by atoms with Gasteiger partial charge in [-0.3, -0.25) is 4.79 Å². The van der Waals surface area contributed by atoms with Crippen LogP contribution in [-0.4, -0.2) is 74.8 Å². The first-order valence-corrected chi connectivity index (χ1v) is 8.08. The number of pyridine rings is 1. The summed E-state index contributed by atoms with van der Waals surface area (Å²) >= 11 is 0. The zero-order chi connectivity index (χ0) is 19.2. The first-order chi connectivity index (χ1) is 12.2. The molecule has 142 valence electrons. The molecule has 0 aromatic carbocycles. The van der Waals surface area contributed by atoms with Gasteiger partial charge in [0.05, 0.1) is 12.0 Å². The van der Waals surface area contributed by atoms with Gasteiger partial charge in [0.2, 0.25) is 0 Å². The van der Waals surface area contributed by atoms with E-state index in [1.54, 1.807) is 19.2 Å².